The number of imide groups is 2. The molecule has 0 aromatic heterocycles. The molecule has 0 spiro atoms. The molecule has 0 bridgehead atoms. The lowest BCUT2D eigenvalue weighted by Gasteiger charge is -2.26. The van der Waals surface area contributed by atoms with E-state index in [1.54, 1.807) is 42.5 Å². The first-order valence-corrected chi connectivity index (χ1v) is 12.9. The van der Waals surface area contributed by atoms with E-state index in [2.05, 4.69) is 5.32 Å². The van der Waals surface area contributed by atoms with E-state index >= 15 is 0 Å². The van der Waals surface area contributed by atoms with Crippen molar-refractivity contribution in [1.82, 2.24) is 5.32 Å². The summed E-state index contributed by atoms with van der Waals surface area (Å²) < 4.78 is 17.2. The van der Waals surface area contributed by atoms with Crippen molar-refractivity contribution in [2.75, 3.05) is 11.5 Å². The van der Waals surface area contributed by atoms with Crippen molar-refractivity contribution in [2.24, 2.45) is 0 Å². The maximum Gasteiger partial charge on any atom is 0.335 e. The van der Waals surface area contributed by atoms with E-state index < -0.39 is 17.8 Å². The molecule has 0 atom stereocenters. The molecule has 1 fully saturated rings. The van der Waals surface area contributed by atoms with Crippen LogP contribution in [-0.2, 0) is 16.2 Å². The Kier molecular flexibility index (Phi) is 8.79. The van der Waals surface area contributed by atoms with Gasteiger partial charge in [-0.05, 0) is 74.9 Å². The minimum Gasteiger partial charge on any atom is -0.490 e. The highest BCUT2D eigenvalue weighted by molar-refractivity contribution is 6.39. The van der Waals surface area contributed by atoms with E-state index in [1.807, 2.05) is 39.0 Å². The molecular weight excluding hydrogens is 543 g/mol. The molecule has 0 radical (unpaired) electrons. The van der Waals surface area contributed by atoms with Crippen LogP contribution in [0.1, 0.15) is 31.9 Å². The molecule has 0 unspecified atom stereocenters. The molecule has 8 nitrogen and oxygen atoms in total. The van der Waals surface area contributed by atoms with Gasteiger partial charge in [-0.1, -0.05) is 41.4 Å². The fourth-order valence-corrected chi connectivity index (χ4v) is 4.26. The first kappa shape index (κ1) is 28.0. The molecule has 0 aliphatic carbocycles. The van der Waals surface area contributed by atoms with Gasteiger partial charge in [0.2, 0.25) is 0 Å². The molecule has 0 saturated carbocycles. The smallest absolute Gasteiger partial charge is 0.335 e. The van der Waals surface area contributed by atoms with Crippen LogP contribution in [0, 0.1) is 0 Å². The summed E-state index contributed by atoms with van der Waals surface area (Å²) in [5.41, 5.74) is 1.26. The highest BCUT2D eigenvalue weighted by Gasteiger charge is 2.37. The zero-order valence-electron chi connectivity index (χ0n) is 21.5. The Balaban J connectivity index is 1.58. The predicted octanol–water partition coefficient (Wildman–Crippen LogP) is 6.42. The Hall–Kier alpha value is -4.01. The van der Waals surface area contributed by atoms with Crippen LogP contribution in [0.25, 0.3) is 6.08 Å². The monoisotopic (exact) mass is 568 g/mol. The topological polar surface area (TPSA) is 94.2 Å². The summed E-state index contributed by atoms with van der Waals surface area (Å²) in [6.45, 7) is 6.13. The highest BCUT2D eigenvalue weighted by atomic mass is 35.5. The zero-order valence-corrected chi connectivity index (χ0v) is 23.0. The van der Waals surface area contributed by atoms with Crippen molar-refractivity contribution < 1.29 is 28.6 Å². The Morgan fingerprint density at radius 2 is 1.67 bits per heavy atom. The average molecular weight is 569 g/mol. The van der Waals surface area contributed by atoms with Gasteiger partial charge in [0.15, 0.2) is 11.5 Å². The molecule has 1 aliphatic rings. The maximum absolute atomic E-state index is 13.3. The van der Waals surface area contributed by atoms with Gasteiger partial charge in [-0.2, -0.15) is 0 Å². The van der Waals surface area contributed by atoms with E-state index in [4.69, 9.17) is 37.4 Å². The fraction of sp³-hybridized carbons (Fsp3) is 0.207. The second-order valence-electron chi connectivity index (χ2n) is 8.76. The number of hydrogen-bond donors (Lipinski definition) is 1. The Labute approximate surface area is 236 Å². The molecule has 1 saturated heterocycles. The number of nitrogens with one attached hydrogen (secondary N) is 1. The van der Waals surface area contributed by atoms with Gasteiger partial charge in [-0.25, -0.2) is 9.69 Å². The van der Waals surface area contributed by atoms with E-state index in [0.717, 1.165) is 10.5 Å². The third kappa shape index (κ3) is 6.53. The summed E-state index contributed by atoms with van der Waals surface area (Å²) in [6.07, 6.45) is 1.20. The number of hydrogen-bond acceptors (Lipinski definition) is 6. The van der Waals surface area contributed by atoms with E-state index in [9.17, 15) is 14.4 Å². The van der Waals surface area contributed by atoms with Gasteiger partial charge in [-0.3, -0.25) is 14.9 Å². The molecule has 4 amide bonds. The standard InChI is InChI=1S/C29H26Cl2N2O6/c1-4-37-25-15-18(14-24(31)26(25)39-17(2)3)13-22-27(34)32-29(36)33(28(22)35)20-9-11-21(12-10-20)38-16-19-7-5-6-8-23(19)30/h5-15,17H,4,16H2,1-3H3,(H,32,34,36)/b22-13+. The molecule has 3 aromatic rings. The van der Waals surface area contributed by atoms with E-state index in [0.29, 0.717) is 34.4 Å². The van der Waals surface area contributed by atoms with Crippen LogP contribution in [-0.4, -0.2) is 30.6 Å². The number of anilines is 1. The second kappa shape index (κ2) is 12.2. The van der Waals surface area contributed by atoms with Crippen LogP contribution in [0.2, 0.25) is 10.0 Å². The normalized spacial score (nSPS) is 14.6. The third-order valence-electron chi connectivity index (χ3n) is 5.55. The van der Waals surface area contributed by atoms with Crippen LogP contribution in [0.4, 0.5) is 10.5 Å². The molecule has 3 aromatic carbocycles. The zero-order chi connectivity index (χ0) is 28.1. The summed E-state index contributed by atoms with van der Waals surface area (Å²) >= 11 is 12.6. The van der Waals surface area contributed by atoms with Crippen LogP contribution in [0.15, 0.2) is 66.2 Å². The predicted molar refractivity (Wildman–Crippen MR) is 150 cm³/mol. The van der Waals surface area contributed by atoms with E-state index in [-0.39, 0.29) is 29.0 Å². The Morgan fingerprint density at radius 3 is 2.33 bits per heavy atom. The number of barbiturate groups is 1. The fourth-order valence-electron chi connectivity index (χ4n) is 3.81. The quantitative estimate of drug-likeness (QED) is 0.236. The summed E-state index contributed by atoms with van der Waals surface area (Å²) in [7, 11) is 0. The van der Waals surface area contributed by atoms with E-state index in [1.165, 1.54) is 6.08 Å². The van der Waals surface area contributed by atoms with Crippen molar-refractivity contribution >= 4 is 52.8 Å². The van der Waals surface area contributed by atoms with Crippen molar-refractivity contribution in [3.05, 3.63) is 87.4 Å². The van der Waals surface area contributed by atoms with Gasteiger partial charge in [-0.15, -0.1) is 0 Å². The highest BCUT2D eigenvalue weighted by Crippen LogP contribution is 2.38. The molecule has 4 rings (SSSR count). The van der Waals surface area contributed by atoms with Gasteiger partial charge in [0, 0.05) is 10.6 Å². The first-order valence-electron chi connectivity index (χ1n) is 12.2. The molecule has 202 valence electrons. The minimum absolute atomic E-state index is 0.149. The van der Waals surface area contributed by atoms with Crippen LogP contribution >= 0.6 is 23.2 Å². The minimum atomic E-state index is -0.861. The van der Waals surface area contributed by atoms with Crippen molar-refractivity contribution in [3.8, 4) is 17.2 Å². The number of carbonyl (C=O) groups excluding carboxylic acids is 3. The Morgan fingerprint density at radius 1 is 0.949 bits per heavy atom. The lowest BCUT2D eigenvalue weighted by atomic mass is 10.1. The average Bonchev–Trinajstić information content (AvgIpc) is 2.89. The van der Waals surface area contributed by atoms with Crippen LogP contribution < -0.4 is 24.4 Å². The summed E-state index contributed by atoms with van der Waals surface area (Å²) in [4.78, 5) is 39.5. The van der Waals surface area contributed by atoms with Crippen LogP contribution in [0.3, 0.4) is 0 Å². The number of rotatable bonds is 9. The lowest BCUT2D eigenvalue weighted by molar-refractivity contribution is -0.122. The number of benzene rings is 3. The van der Waals surface area contributed by atoms with Crippen molar-refractivity contribution in [1.29, 1.82) is 0 Å². The van der Waals surface area contributed by atoms with Crippen molar-refractivity contribution in [3.63, 3.8) is 0 Å². The number of urea groups is 1. The molecular formula is C29H26Cl2N2O6. The number of nitrogens with zero attached hydrogens (tertiary/aromatic N) is 1. The SMILES string of the molecule is CCOc1cc(/C=C2\C(=O)NC(=O)N(c3ccc(OCc4ccccc4Cl)cc3)C2=O)cc(Cl)c1OC(C)C. The van der Waals surface area contributed by atoms with Crippen molar-refractivity contribution in [2.45, 2.75) is 33.5 Å². The molecule has 1 heterocycles. The summed E-state index contributed by atoms with van der Waals surface area (Å²) in [5.74, 6) is -0.363. The molecule has 1 N–H and O–H groups in total. The summed E-state index contributed by atoms with van der Waals surface area (Å²) in [5, 5.41) is 3.06. The second-order valence-corrected chi connectivity index (χ2v) is 9.58. The van der Waals surface area contributed by atoms with Crippen LogP contribution in [0.5, 0.6) is 17.2 Å². The number of carbonyl (C=O) groups is 3. The lowest BCUT2D eigenvalue weighted by Crippen LogP contribution is -2.54. The molecule has 39 heavy (non-hydrogen) atoms. The molecule has 10 heteroatoms. The third-order valence-corrected chi connectivity index (χ3v) is 6.19. The first-order chi connectivity index (χ1) is 18.7. The number of ether oxygens (including phenoxy) is 3. The number of amides is 4. The van der Waals surface area contributed by atoms with Gasteiger partial charge < -0.3 is 14.2 Å². The summed E-state index contributed by atoms with van der Waals surface area (Å²) in [6, 6.07) is 16.0. The maximum atomic E-state index is 13.3. The van der Waals surface area contributed by atoms with Gasteiger partial charge >= 0.3 is 6.03 Å². The molecule has 1 aliphatic heterocycles. The van der Waals surface area contributed by atoms with Gasteiger partial charge in [0.1, 0.15) is 17.9 Å². The largest absolute Gasteiger partial charge is 0.490 e. The van der Waals surface area contributed by atoms with Gasteiger partial charge in [0.05, 0.1) is 23.4 Å². The number of halogens is 2. The Bertz CT molecular complexity index is 1440. The van der Waals surface area contributed by atoms with Gasteiger partial charge in [0.25, 0.3) is 11.8 Å².